The van der Waals surface area contributed by atoms with Crippen LogP contribution in [0.1, 0.15) is 15.9 Å². The van der Waals surface area contributed by atoms with Crippen LogP contribution in [-0.4, -0.2) is 42.5 Å². The van der Waals surface area contributed by atoms with Crippen molar-refractivity contribution < 1.29 is 23.9 Å². The van der Waals surface area contributed by atoms with E-state index in [-0.39, 0.29) is 24.9 Å². The molecule has 2 heterocycles. The molecule has 8 heteroatoms. The molecule has 2 aliphatic rings. The van der Waals surface area contributed by atoms with Crippen LogP contribution < -0.4 is 20.1 Å². The van der Waals surface area contributed by atoms with Crippen molar-refractivity contribution in [2.45, 2.75) is 6.54 Å². The van der Waals surface area contributed by atoms with E-state index in [4.69, 9.17) is 9.47 Å². The normalized spacial score (nSPS) is 15.5. The van der Waals surface area contributed by atoms with E-state index in [9.17, 15) is 14.4 Å². The van der Waals surface area contributed by atoms with Gasteiger partial charge < -0.3 is 20.1 Å². The number of nitrogens with one attached hydrogen (secondary N) is 2. The molecule has 0 radical (unpaired) electrons. The number of rotatable bonds is 4. The molecule has 2 aliphatic heterocycles. The molecule has 0 saturated carbocycles. The van der Waals surface area contributed by atoms with Crippen LogP contribution in [0.4, 0.5) is 10.5 Å². The summed E-state index contributed by atoms with van der Waals surface area (Å²) in [7, 11) is 0. The average molecular weight is 367 g/mol. The second kappa shape index (κ2) is 6.99. The van der Waals surface area contributed by atoms with Crippen molar-refractivity contribution in [1.29, 1.82) is 0 Å². The molecular formula is C19H17N3O5. The molecule has 138 valence electrons. The Labute approximate surface area is 155 Å². The number of fused-ring (bicyclic) bond motifs is 1. The van der Waals surface area contributed by atoms with Gasteiger partial charge in [-0.2, -0.15) is 0 Å². The fourth-order valence-electron chi connectivity index (χ4n) is 2.93. The van der Waals surface area contributed by atoms with Gasteiger partial charge in [-0.25, -0.2) is 4.79 Å². The summed E-state index contributed by atoms with van der Waals surface area (Å²) < 4.78 is 11.0. The van der Waals surface area contributed by atoms with E-state index in [1.54, 1.807) is 42.5 Å². The smallest absolute Gasteiger partial charge is 0.324 e. The maximum absolute atomic E-state index is 12.6. The molecule has 0 unspecified atom stereocenters. The number of carbonyl (C=O) groups excluding carboxylic acids is 3. The number of amides is 4. The lowest BCUT2D eigenvalue weighted by molar-refractivity contribution is -0.125. The van der Waals surface area contributed by atoms with E-state index < -0.39 is 6.03 Å². The summed E-state index contributed by atoms with van der Waals surface area (Å²) >= 11 is 0. The van der Waals surface area contributed by atoms with Crippen molar-refractivity contribution in [3.63, 3.8) is 0 Å². The van der Waals surface area contributed by atoms with Crippen LogP contribution in [0.3, 0.4) is 0 Å². The third-order valence-corrected chi connectivity index (χ3v) is 4.27. The molecule has 1 fully saturated rings. The van der Waals surface area contributed by atoms with Gasteiger partial charge in [-0.15, -0.1) is 0 Å². The minimum Gasteiger partial charge on any atom is -0.486 e. The molecule has 2 aromatic carbocycles. The highest BCUT2D eigenvalue weighted by Gasteiger charge is 2.28. The zero-order chi connectivity index (χ0) is 18.8. The summed E-state index contributed by atoms with van der Waals surface area (Å²) in [6.45, 7) is 1.09. The van der Waals surface area contributed by atoms with Crippen molar-refractivity contribution >= 4 is 23.5 Å². The first-order valence-electron chi connectivity index (χ1n) is 8.48. The van der Waals surface area contributed by atoms with Gasteiger partial charge in [0.1, 0.15) is 13.2 Å². The zero-order valence-electron chi connectivity index (χ0n) is 14.4. The number of imide groups is 1. The summed E-state index contributed by atoms with van der Waals surface area (Å²) in [5.41, 5.74) is 1.70. The van der Waals surface area contributed by atoms with Gasteiger partial charge in [-0.3, -0.25) is 14.5 Å². The molecule has 2 aromatic rings. The lowest BCUT2D eigenvalue weighted by Crippen LogP contribution is -2.30. The molecule has 1 saturated heterocycles. The molecule has 4 amide bonds. The Kier molecular flexibility index (Phi) is 4.37. The topological polar surface area (TPSA) is 97.0 Å². The number of anilines is 1. The van der Waals surface area contributed by atoms with Gasteiger partial charge in [0.05, 0.1) is 13.1 Å². The number of nitrogens with zero attached hydrogens (tertiary/aromatic N) is 1. The average Bonchev–Trinajstić information content (AvgIpc) is 3.00. The Hall–Kier alpha value is -3.55. The van der Waals surface area contributed by atoms with Crippen LogP contribution in [-0.2, 0) is 11.3 Å². The summed E-state index contributed by atoms with van der Waals surface area (Å²) in [5.74, 6) is 0.651. The first-order chi connectivity index (χ1) is 13.1. The predicted molar refractivity (Wildman–Crippen MR) is 95.8 cm³/mol. The Balaban J connectivity index is 1.47. The lowest BCUT2D eigenvalue weighted by Gasteiger charge is -2.19. The first kappa shape index (κ1) is 16.9. The van der Waals surface area contributed by atoms with Crippen LogP contribution in [0, 0.1) is 0 Å². The Morgan fingerprint density at radius 3 is 2.67 bits per heavy atom. The molecule has 0 aliphatic carbocycles. The van der Waals surface area contributed by atoms with Crippen LogP contribution in [0.15, 0.2) is 42.5 Å². The minimum atomic E-state index is -0.425. The van der Waals surface area contributed by atoms with Crippen molar-refractivity contribution in [1.82, 2.24) is 10.2 Å². The predicted octanol–water partition coefficient (Wildman–Crippen LogP) is 1.76. The second-order valence-electron chi connectivity index (χ2n) is 6.15. The summed E-state index contributed by atoms with van der Waals surface area (Å²) in [5, 5.41) is 5.28. The highest BCUT2D eigenvalue weighted by molar-refractivity contribution is 6.04. The molecule has 27 heavy (non-hydrogen) atoms. The monoisotopic (exact) mass is 367 g/mol. The summed E-state index contributed by atoms with van der Waals surface area (Å²) in [4.78, 5) is 37.0. The van der Waals surface area contributed by atoms with E-state index in [0.717, 1.165) is 4.90 Å². The Bertz CT molecular complexity index is 911. The third kappa shape index (κ3) is 3.55. The summed E-state index contributed by atoms with van der Waals surface area (Å²) in [6, 6.07) is 11.6. The molecular weight excluding hydrogens is 350 g/mol. The number of hydrogen-bond donors (Lipinski definition) is 2. The maximum atomic E-state index is 12.6. The van der Waals surface area contributed by atoms with Gasteiger partial charge in [-0.1, -0.05) is 12.1 Å². The quantitative estimate of drug-likeness (QED) is 0.803. The molecule has 0 spiro atoms. The van der Waals surface area contributed by atoms with Crippen molar-refractivity contribution in [3.05, 3.63) is 53.6 Å². The van der Waals surface area contributed by atoms with Crippen molar-refractivity contribution in [2.24, 2.45) is 0 Å². The third-order valence-electron chi connectivity index (χ3n) is 4.27. The largest absolute Gasteiger partial charge is 0.486 e. The van der Waals surface area contributed by atoms with Gasteiger partial charge in [0, 0.05) is 17.3 Å². The van der Waals surface area contributed by atoms with Gasteiger partial charge >= 0.3 is 6.03 Å². The van der Waals surface area contributed by atoms with E-state index in [2.05, 4.69) is 10.6 Å². The van der Waals surface area contributed by atoms with Crippen LogP contribution in [0.5, 0.6) is 11.5 Å². The van der Waals surface area contributed by atoms with E-state index in [1.165, 1.54) is 0 Å². The molecule has 4 rings (SSSR count). The lowest BCUT2D eigenvalue weighted by atomic mass is 10.1. The number of urea groups is 1. The van der Waals surface area contributed by atoms with E-state index >= 15 is 0 Å². The van der Waals surface area contributed by atoms with Gasteiger partial charge in [-0.05, 0) is 29.8 Å². The number of carbonyl (C=O) groups is 3. The molecule has 8 nitrogen and oxygen atoms in total. The molecule has 0 bridgehead atoms. The second-order valence-corrected chi connectivity index (χ2v) is 6.15. The fraction of sp³-hybridized carbons (Fsp3) is 0.211. The highest BCUT2D eigenvalue weighted by atomic mass is 16.6. The molecule has 0 atom stereocenters. The van der Waals surface area contributed by atoms with E-state index in [1.807, 2.05) is 0 Å². The number of benzene rings is 2. The minimum absolute atomic E-state index is 0.00310. The first-order valence-corrected chi connectivity index (χ1v) is 8.48. The van der Waals surface area contributed by atoms with Crippen LogP contribution in [0.25, 0.3) is 0 Å². The Morgan fingerprint density at radius 2 is 1.89 bits per heavy atom. The fourth-order valence-corrected chi connectivity index (χ4v) is 2.93. The maximum Gasteiger partial charge on any atom is 0.324 e. The molecule has 0 aromatic heterocycles. The highest BCUT2D eigenvalue weighted by Crippen LogP contribution is 2.32. The van der Waals surface area contributed by atoms with Crippen molar-refractivity contribution in [3.8, 4) is 11.5 Å². The SMILES string of the molecule is O=C(Nc1ccc2c(c1)OCCO2)c1cccc(CN2C(=O)CNC2=O)c1. The van der Waals surface area contributed by atoms with Gasteiger partial charge in [0.15, 0.2) is 11.5 Å². The molecule has 2 N–H and O–H groups in total. The number of ether oxygens (including phenoxy) is 2. The number of hydrogen-bond acceptors (Lipinski definition) is 5. The van der Waals surface area contributed by atoms with Crippen LogP contribution >= 0.6 is 0 Å². The van der Waals surface area contributed by atoms with Crippen LogP contribution in [0.2, 0.25) is 0 Å². The Morgan fingerprint density at radius 1 is 1.07 bits per heavy atom. The summed E-state index contributed by atoms with van der Waals surface area (Å²) in [6.07, 6.45) is 0. The van der Waals surface area contributed by atoms with Gasteiger partial charge in [0.2, 0.25) is 5.91 Å². The van der Waals surface area contributed by atoms with Crippen molar-refractivity contribution in [2.75, 3.05) is 25.1 Å². The zero-order valence-corrected chi connectivity index (χ0v) is 14.4. The van der Waals surface area contributed by atoms with Gasteiger partial charge in [0.25, 0.3) is 5.91 Å². The standard InChI is InChI=1S/C19H17N3O5/c23-17-10-20-19(25)22(17)11-12-2-1-3-13(8-12)18(24)21-14-4-5-15-16(9-14)27-7-6-26-15/h1-5,8-9H,6-7,10-11H2,(H,20,25)(H,21,24). The van der Waals surface area contributed by atoms with E-state index in [0.29, 0.717) is 41.5 Å².